The number of halogens is 1. The first kappa shape index (κ1) is 19.4. The van der Waals surface area contributed by atoms with Crippen LogP contribution in [0.5, 0.6) is 0 Å². The maximum atomic E-state index is 12.4. The first-order valence-corrected chi connectivity index (χ1v) is 9.24. The second-order valence-corrected chi connectivity index (χ2v) is 6.77. The molecule has 0 unspecified atom stereocenters. The van der Waals surface area contributed by atoms with E-state index in [1.54, 1.807) is 11.6 Å². The molecule has 1 aliphatic heterocycles. The third-order valence-corrected chi connectivity index (χ3v) is 4.71. The lowest BCUT2D eigenvalue weighted by Gasteiger charge is -2.11. The van der Waals surface area contributed by atoms with Crippen molar-refractivity contribution in [2.24, 2.45) is 0 Å². The topological polar surface area (TPSA) is 82.5 Å². The lowest BCUT2D eigenvalue weighted by molar-refractivity contribution is -0.124. The summed E-state index contributed by atoms with van der Waals surface area (Å²) < 4.78 is 12.1. The summed E-state index contributed by atoms with van der Waals surface area (Å²) >= 11 is 6.32. The van der Waals surface area contributed by atoms with Gasteiger partial charge in [-0.15, -0.1) is 0 Å². The van der Waals surface area contributed by atoms with Crippen LogP contribution in [0.4, 0.5) is 0 Å². The van der Waals surface area contributed by atoms with E-state index in [1.807, 2.05) is 30.3 Å². The number of aromatic nitrogens is 2. The van der Waals surface area contributed by atoms with Crippen LogP contribution in [0.25, 0.3) is 0 Å². The molecule has 0 radical (unpaired) electrons. The summed E-state index contributed by atoms with van der Waals surface area (Å²) in [5.41, 5.74) is 1.65. The normalized spacial score (nSPS) is 16.3. The Bertz CT molecular complexity index is 801. The standard InChI is InChI=1S/C19H22ClN3O4/c1-13-17(18(20)23(22-13)11-14-6-3-2-4-7-14)19(25)27-12-16(24)21-10-15-8-5-9-26-15/h2-4,6-7,15H,5,8-12H2,1H3,(H,21,24)/t15-/m1/s1. The molecule has 1 aromatic heterocycles. The van der Waals surface area contributed by atoms with Crippen LogP contribution in [0.2, 0.25) is 5.15 Å². The van der Waals surface area contributed by atoms with E-state index in [0.29, 0.717) is 18.8 Å². The van der Waals surface area contributed by atoms with Crippen molar-refractivity contribution in [3.8, 4) is 0 Å². The van der Waals surface area contributed by atoms with Gasteiger partial charge in [-0.2, -0.15) is 5.10 Å². The molecule has 0 spiro atoms. The highest BCUT2D eigenvalue weighted by atomic mass is 35.5. The van der Waals surface area contributed by atoms with Crippen LogP contribution in [-0.2, 0) is 20.8 Å². The van der Waals surface area contributed by atoms with Crippen LogP contribution in [0.1, 0.15) is 34.5 Å². The number of nitrogens with one attached hydrogen (secondary N) is 1. The third kappa shape index (κ3) is 5.08. The molecule has 1 saturated heterocycles. The molecule has 1 aromatic carbocycles. The number of carbonyl (C=O) groups is 2. The predicted octanol–water partition coefficient (Wildman–Crippen LogP) is 2.35. The minimum Gasteiger partial charge on any atom is -0.452 e. The number of nitrogens with zero attached hydrogens (tertiary/aromatic N) is 2. The van der Waals surface area contributed by atoms with Gasteiger partial charge >= 0.3 is 5.97 Å². The maximum absolute atomic E-state index is 12.4. The molecule has 0 bridgehead atoms. The molecule has 1 atom stereocenters. The molecular weight excluding hydrogens is 370 g/mol. The van der Waals surface area contributed by atoms with Crippen molar-refractivity contribution in [1.82, 2.24) is 15.1 Å². The number of carbonyl (C=O) groups excluding carboxylic acids is 2. The Balaban J connectivity index is 1.55. The average molecular weight is 392 g/mol. The van der Waals surface area contributed by atoms with Gasteiger partial charge in [0.25, 0.3) is 5.91 Å². The van der Waals surface area contributed by atoms with Crippen LogP contribution in [0.15, 0.2) is 30.3 Å². The zero-order chi connectivity index (χ0) is 19.2. The van der Waals surface area contributed by atoms with E-state index in [1.165, 1.54) is 0 Å². The molecule has 144 valence electrons. The molecule has 8 heteroatoms. The quantitative estimate of drug-likeness (QED) is 0.732. The Hall–Kier alpha value is -2.38. The molecule has 1 amide bonds. The SMILES string of the molecule is Cc1nn(Cc2ccccc2)c(Cl)c1C(=O)OCC(=O)NC[C@H]1CCCO1. The molecule has 0 aliphatic carbocycles. The van der Waals surface area contributed by atoms with Crippen LogP contribution in [-0.4, -0.2) is 47.5 Å². The van der Waals surface area contributed by atoms with E-state index >= 15 is 0 Å². The number of ether oxygens (including phenoxy) is 2. The number of hydrogen-bond donors (Lipinski definition) is 1. The van der Waals surface area contributed by atoms with Crippen molar-refractivity contribution in [1.29, 1.82) is 0 Å². The number of esters is 1. The highest BCUT2D eigenvalue weighted by molar-refractivity contribution is 6.32. The van der Waals surface area contributed by atoms with Gasteiger partial charge in [-0.1, -0.05) is 41.9 Å². The van der Waals surface area contributed by atoms with Crippen molar-refractivity contribution < 1.29 is 19.1 Å². The molecule has 1 N–H and O–H groups in total. The molecule has 2 heterocycles. The molecule has 2 aromatic rings. The van der Waals surface area contributed by atoms with Gasteiger partial charge in [0.2, 0.25) is 0 Å². The van der Waals surface area contributed by atoms with Crippen molar-refractivity contribution in [3.05, 3.63) is 52.3 Å². The van der Waals surface area contributed by atoms with Gasteiger partial charge in [0, 0.05) is 13.2 Å². The Morgan fingerprint density at radius 3 is 2.85 bits per heavy atom. The van der Waals surface area contributed by atoms with Crippen molar-refractivity contribution in [2.75, 3.05) is 19.8 Å². The molecule has 1 fully saturated rings. The van der Waals surface area contributed by atoms with Gasteiger partial charge < -0.3 is 14.8 Å². The van der Waals surface area contributed by atoms with Gasteiger partial charge in [0.1, 0.15) is 10.7 Å². The summed E-state index contributed by atoms with van der Waals surface area (Å²) in [5.74, 6) is -1.03. The summed E-state index contributed by atoms with van der Waals surface area (Å²) in [4.78, 5) is 24.2. The van der Waals surface area contributed by atoms with E-state index in [4.69, 9.17) is 21.1 Å². The van der Waals surface area contributed by atoms with Crippen molar-refractivity contribution in [2.45, 2.75) is 32.4 Å². The second kappa shape index (κ2) is 9.01. The van der Waals surface area contributed by atoms with Gasteiger partial charge in [0.05, 0.1) is 18.3 Å². The minimum absolute atomic E-state index is 0.0394. The Kier molecular flexibility index (Phi) is 6.47. The molecule has 27 heavy (non-hydrogen) atoms. The van der Waals surface area contributed by atoms with Crippen molar-refractivity contribution >= 4 is 23.5 Å². The fourth-order valence-electron chi connectivity index (χ4n) is 2.93. The zero-order valence-corrected chi connectivity index (χ0v) is 15.9. The largest absolute Gasteiger partial charge is 0.452 e. The van der Waals surface area contributed by atoms with Gasteiger partial charge in [-0.25, -0.2) is 9.48 Å². The lowest BCUT2D eigenvalue weighted by atomic mass is 10.2. The fourth-order valence-corrected chi connectivity index (χ4v) is 3.25. The maximum Gasteiger partial charge on any atom is 0.343 e. The molecule has 7 nitrogen and oxygen atoms in total. The van der Waals surface area contributed by atoms with Crippen LogP contribution < -0.4 is 5.32 Å². The van der Waals surface area contributed by atoms with Crippen LogP contribution in [0, 0.1) is 6.92 Å². The Morgan fingerprint density at radius 1 is 1.37 bits per heavy atom. The number of hydrogen-bond acceptors (Lipinski definition) is 5. The van der Waals surface area contributed by atoms with E-state index in [2.05, 4.69) is 10.4 Å². The Labute approximate surface area is 162 Å². The second-order valence-electron chi connectivity index (χ2n) is 6.41. The van der Waals surface area contributed by atoms with Crippen molar-refractivity contribution in [3.63, 3.8) is 0 Å². The van der Waals surface area contributed by atoms with E-state index in [-0.39, 0.29) is 29.3 Å². The predicted molar refractivity (Wildman–Crippen MR) is 99.8 cm³/mol. The monoisotopic (exact) mass is 391 g/mol. The number of amides is 1. The van der Waals surface area contributed by atoms with Crippen LogP contribution >= 0.6 is 11.6 Å². The van der Waals surface area contributed by atoms with E-state index in [9.17, 15) is 9.59 Å². The molecule has 3 rings (SSSR count). The lowest BCUT2D eigenvalue weighted by Crippen LogP contribution is -2.34. The van der Waals surface area contributed by atoms with Gasteiger partial charge in [-0.3, -0.25) is 4.79 Å². The highest BCUT2D eigenvalue weighted by Gasteiger charge is 2.23. The zero-order valence-electron chi connectivity index (χ0n) is 15.1. The molecule has 0 saturated carbocycles. The summed E-state index contributed by atoms with van der Waals surface area (Å²) in [5, 5.41) is 7.21. The van der Waals surface area contributed by atoms with Gasteiger partial charge in [-0.05, 0) is 25.3 Å². The number of aryl methyl sites for hydroxylation is 1. The van der Waals surface area contributed by atoms with E-state index in [0.717, 1.165) is 25.0 Å². The summed E-state index contributed by atoms with van der Waals surface area (Å²) in [6, 6.07) is 9.66. The average Bonchev–Trinajstić information content (AvgIpc) is 3.27. The summed E-state index contributed by atoms with van der Waals surface area (Å²) in [6.07, 6.45) is 1.97. The number of benzene rings is 1. The Morgan fingerprint density at radius 2 is 2.15 bits per heavy atom. The highest BCUT2D eigenvalue weighted by Crippen LogP contribution is 2.22. The summed E-state index contributed by atoms with van der Waals surface area (Å²) in [6.45, 7) is 2.90. The fraction of sp³-hybridized carbons (Fsp3) is 0.421. The molecule has 1 aliphatic rings. The smallest absolute Gasteiger partial charge is 0.343 e. The minimum atomic E-state index is -0.663. The summed E-state index contributed by atoms with van der Waals surface area (Å²) in [7, 11) is 0. The first-order valence-electron chi connectivity index (χ1n) is 8.87. The number of rotatable bonds is 7. The van der Waals surface area contributed by atoms with Crippen LogP contribution in [0.3, 0.4) is 0 Å². The third-order valence-electron chi connectivity index (χ3n) is 4.33. The molecular formula is C19H22ClN3O4. The van der Waals surface area contributed by atoms with Gasteiger partial charge in [0.15, 0.2) is 6.61 Å². The first-order chi connectivity index (χ1) is 13.0. The van der Waals surface area contributed by atoms with E-state index < -0.39 is 5.97 Å².